The van der Waals surface area contributed by atoms with E-state index in [1.807, 2.05) is 0 Å². The summed E-state index contributed by atoms with van der Waals surface area (Å²) >= 11 is 0. The van der Waals surface area contributed by atoms with E-state index in [9.17, 15) is 13.2 Å². The number of anilines is 1. The van der Waals surface area contributed by atoms with Crippen molar-refractivity contribution in [3.8, 4) is 0 Å². The summed E-state index contributed by atoms with van der Waals surface area (Å²) < 4.78 is 27.6. The van der Waals surface area contributed by atoms with Crippen molar-refractivity contribution in [2.24, 2.45) is 5.14 Å². The van der Waals surface area contributed by atoms with Crippen LogP contribution in [0.5, 0.6) is 0 Å². The van der Waals surface area contributed by atoms with Crippen LogP contribution >= 0.6 is 0 Å². The number of aryl methyl sites for hydroxylation is 3. The molecule has 1 aromatic heterocycles. The van der Waals surface area contributed by atoms with Gasteiger partial charge in [-0.1, -0.05) is 5.16 Å². The Bertz CT molecular complexity index is 786. The highest BCUT2D eigenvalue weighted by Crippen LogP contribution is 2.24. The van der Waals surface area contributed by atoms with Crippen molar-refractivity contribution >= 4 is 21.6 Å². The maximum Gasteiger partial charge on any atom is 0.277 e. The number of hydrogen-bond acceptors (Lipinski definition) is 5. The van der Waals surface area contributed by atoms with Crippen molar-refractivity contribution in [2.75, 3.05) is 5.32 Å². The highest BCUT2D eigenvalue weighted by Gasteiger charge is 2.16. The lowest BCUT2D eigenvalue weighted by atomic mass is 10.1. The Morgan fingerprint density at radius 1 is 1.19 bits per heavy atom. The minimum atomic E-state index is -3.78. The SMILES string of the molecule is Cc1cc(C(=O)Nc2c(C)cc(S(N)(=O)=O)cc2C)no1. The molecule has 1 heterocycles. The van der Waals surface area contributed by atoms with E-state index in [1.54, 1.807) is 20.8 Å². The molecule has 0 atom stereocenters. The van der Waals surface area contributed by atoms with E-state index in [4.69, 9.17) is 9.66 Å². The predicted molar refractivity (Wildman–Crippen MR) is 76.5 cm³/mol. The van der Waals surface area contributed by atoms with Crippen molar-refractivity contribution in [3.63, 3.8) is 0 Å². The highest BCUT2D eigenvalue weighted by molar-refractivity contribution is 7.89. The molecule has 7 nitrogen and oxygen atoms in total. The maximum absolute atomic E-state index is 12.0. The minimum absolute atomic E-state index is 0.00720. The standard InChI is InChI=1S/C13H15N3O4S/c1-7-4-10(21(14,18)19)5-8(2)12(7)15-13(17)11-6-9(3)20-16-11/h4-6H,1-3H3,(H,15,17)(H2,14,18,19). The molecule has 3 N–H and O–H groups in total. The van der Waals surface area contributed by atoms with Gasteiger partial charge in [-0.25, -0.2) is 13.6 Å². The molecular formula is C13H15N3O4S. The summed E-state index contributed by atoms with van der Waals surface area (Å²) in [5.41, 5.74) is 1.86. The Morgan fingerprint density at radius 2 is 1.76 bits per heavy atom. The predicted octanol–water partition coefficient (Wildman–Crippen LogP) is 1.50. The van der Waals surface area contributed by atoms with Crippen LogP contribution in [-0.4, -0.2) is 19.5 Å². The Balaban J connectivity index is 2.35. The number of primary sulfonamides is 1. The van der Waals surface area contributed by atoms with Crippen LogP contribution in [0.25, 0.3) is 0 Å². The first-order valence-electron chi connectivity index (χ1n) is 6.07. The van der Waals surface area contributed by atoms with Gasteiger partial charge in [-0.15, -0.1) is 0 Å². The fraction of sp³-hybridized carbons (Fsp3) is 0.231. The smallest absolute Gasteiger partial charge is 0.277 e. The Hall–Kier alpha value is -2.19. The van der Waals surface area contributed by atoms with Gasteiger partial charge in [-0.2, -0.15) is 0 Å². The van der Waals surface area contributed by atoms with Crippen molar-refractivity contribution in [2.45, 2.75) is 25.7 Å². The zero-order chi connectivity index (χ0) is 15.8. The average molecular weight is 309 g/mol. The van der Waals surface area contributed by atoms with Crippen molar-refractivity contribution < 1.29 is 17.7 Å². The van der Waals surface area contributed by atoms with Gasteiger partial charge in [-0.05, 0) is 44.0 Å². The number of nitrogens with zero attached hydrogens (tertiary/aromatic N) is 1. The van der Waals surface area contributed by atoms with Gasteiger partial charge in [0.2, 0.25) is 10.0 Å². The van der Waals surface area contributed by atoms with E-state index in [1.165, 1.54) is 18.2 Å². The second-order valence-corrected chi connectivity index (χ2v) is 6.32. The van der Waals surface area contributed by atoms with E-state index >= 15 is 0 Å². The van der Waals surface area contributed by atoms with Crippen LogP contribution < -0.4 is 10.5 Å². The summed E-state index contributed by atoms with van der Waals surface area (Å²) in [5, 5.41) is 11.4. The summed E-state index contributed by atoms with van der Waals surface area (Å²) in [6.45, 7) is 5.05. The minimum Gasteiger partial charge on any atom is -0.361 e. The van der Waals surface area contributed by atoms with E-state index in [0.29, 0.717) is 22.6 Å². The molecule has 0 bridgehead atoms. The number of carbonyl (C=O) groups excluding carboxylic acids is 1. The van der Waals surface area contributed by atoms with Gasteiger partial charge >= 0.3 is 0 Å². The summed E-state index contributed by atoms with van der Waals surface area (Å²) in [6, 6.07) is 4.33. The lowest BCUT2D eigenvalue weighted by Gasteiger charge is -2.12. The molecule has 0 fully saturated rings. The van der Waals surface area contributed by atoms with Crippen molar-refractivity contribution in [3.05, 3.63) is 40.8 Å². The summed E-state index contributed by atoms with van der Waals surface area (Å²) in [7, 11) is -3.78. The molecule has 0 radical (unpaired) electrons. The fourth-order valence-corrected chi connectivity index (χ4v) is 2.62. The Morgan fingerprint density at radius 3 is 2.19 bits per heavy atom. The number of nitrogens with two attached hydrogens (primary N) is 1. The number of carbonyl (C=O) groups is 1. The van der Waals surface area contributed by atoms with Crippen LogP contribution in [0.15, 0.2) is 27.6 Å². The number of amides is 1. The van der Waals surface area contributed by atoms with Crippen molar-refractivity contribution in [1.29, 1.82) is 0 Å². The number of hydrogen-bond donors (Lipinski definition) is 2. The number of sulfonamides is 1. The van der Waals surface area contributed by atoms with Gasteiger partial charge in [0, 0.05) is 11.8 Å². The summed E-state index contributed by atoms with van der Waals surface area (Å²) in [5.74, 6) is 0.0968. The molecule has 1 amide bonds. The third-order valence-electron chi connectivity index (χ3n) is 2.93. The molecular weight excluding hydrogens is 294 g/mol. The monoisotopic (exact) mass is 309 g/mol. The van der Waals surface area contributed by atoms with Crippen LogP contribution in [0, 0.1) is 20.8 Å². The average Bonchev–Trinajstić information content (AvgIpc) is 2.79. The second-order valence-electron chi connectivity index (χ2n) is 4.75. The Kier molecular flexibility index (Phi) is 3.84. The largest absolute Gasteiger partial charge is 0.361 e. The first-order chi connectivity index (χ1) is 9.68. The quantitative estimate of drug-likeness (QED) is 0.891. The van der Waals surface area contributed by atoms with Crippen LogP contribution in [0.3, 0.4) is 0 Å². The molecule has 2 aromatic rings. The van der Waals surface area contributed by atoms with Gasteiger partial charge in [0.1, 0.15) is 5.76 Å². The molecule has 0 aliphatic heterocycles. The van der Waals surface area contributed by atoms with Gasteiger partial charge in [0.25, 0.3) is 5.91 Å². The molecule has 0 saturated carbocycles. The third-order valence-corrected chi connectivity index (χ3v) is 3.83. The zero-order valence-electron chi connectivity index (χ0n) is 11.8. The first-order valence-corrected chi connectivity index (χ1v) is 7.62. The highest BCUT2D eigenvalue weighted by atomic mass is 32.2. The second kappa shape index (κ2) is 5.30. The topological polar surface area (TPSA) is 115 Å². The molecule has 0 aliphatic rings. The molecule has 21 heavy (non-hydrogen) atoms. The van der Waals surface area contributed by atoms with Gasteiger partial charge < -0.3 is 9.84 Å². The maximum atomic E-state index is 12.0. The molecule has 8 heteroatoms. The van der Waals surface area contributed by atoms with Crippen LogP contribution in [0.2, 0.25) is 0 Å². The molecule has 0 unspecified atom stereocenters. The van der Waals surface area contributed by atoms with E-state index in [-0.39, 0.29) is 10.6 Å². The van der Waals surface area contributed by atoms with E-state index < -0.39 is 15.9 Å². The molecule has 0 spiro atoms. The number of benzene rings is 1. The molecule has 0 aliphatic carbocycles. The van der Waals surface area contributed by atoms with Gasteiger partial charge in [0.15, 0.2) is 5.69 Å². The molecule has 112 valence electrons. The first kappa shape index (κ1) is 15.2. The van der Waals surface area contributed by atoms with Gasteiger partial charge in [0.05, 0.1) is 4.90 Å². The number of aromatic nitrogens is 1. The summed E-state index contributed by atoms with van der Waals surface area (Å²) in [4.78, 5) is 12.0. The normalized spacial score (nSPS) is 11.4. The Labute approximate surface area is 122 Å². The van der Waals surface area contributed by atoms with Crippen LogP contribution in [0.1, 0.15) is 27.4 Å². The van der Waals surface area contributed by atoms with Crippen LogP contribution in [-0.2, 0) is 10.0 Å². The van der Waals surface area contributed by atoms with Crippen molar-refractivity contribution in [1.82, 2.24) is 5.16 Å². The van der Waals surface area contributed by atoms with Crippen LogP contribution in [0.4, 0.5) is 5.69 Å². The zero-order valence-corrected chi connectivity index (χ0v) is 12.6. The molecule has 2 rings (SSSR count). The summed E-state index contributed by atoms with van der Waals surface area (Å²) in [6.07, 6.45) is 0. The van der Waals surface area contributed by atoms with E-state index in [0.717, 1.165) is 0 Å². The fourth-order valence-electron chi connectivity index (χ4n) is 1.94. The number of nitrogens with one attached hydrogen (secondary N) is 1. The lowest BCUT2D eigenvalue weighted by molar-refractivity contribution is 0.101. The lowest BCUT2D eigenvalue weighted by Crippen LogP contribution is -2.16. The van der Waals surface area contributed by atoms with E-state index in [2.05, 4.69) is 10.5 Å². The third kappa shape index (κ3) is 3.29. The van der Waals surface area contributed by atoms with Gasteiger partial charge in [-0.3, -0.25) is 4.79 Å². The molecule has 0 saturated heterocycles. The number of rotatable bonds is 3. The molecule has 1 aromatic carbocycles.